The average Bonchev–Trinajstić information content (AvgIpc) is 3.11. The Balaban J connectivity index is 1.77. The minimum atomic E-state index is -0.328. The van der Waals surface area contributed by atoms with Crippen molar-refractivity contribution in [2.24, 2.45) is 0 Å². The lowest BCUT2D eigenvalue weighted by atomic mass is 10.0. The van der Waals surface area contributed by atoms with Crippen molar-refractivity contribution in [2.75, 3.05) is 25.1 Å². The van der Waals surface area contributed by atoms with Gasteiger partial charge in [-0.2, -0.15) is 5.10 Å². The number of benzene rings is 1. The molecule has 3 N–H and O–H groups in total. The number of urea groups is 1. The van der Waals surface area contributed by atoms with E-state index in [1.807, 2.05) is 12.1 Å². The Kier molecular flexibility index (Phi) is 4.90. The first kappa shape index (κ1) is 17.9. The van der Waals surface area contributed by atoms with Crippen molar-refractivity contribution in [3.8, 4) is 22.4 Å². The van der Waals surface area contributed by atoms with Gasteiger partial charge in [0.05, 0.1) is 25.3 Å². The molecule has 0 spiro atoms. The van der Waals surface area contributed by atoms with E-state index in [1.165, 1.54) is 17.1 Å². The summed E-state index contributed by atoms with van der Waals surface area (Å²) in [6, 6.07) is 9.54. The number of anilines is 1. The van der Waals surface area contributed by atoms with Crippen molar-refractivity contribution in [1.82, 2.24) is 25.1 Å². The number of carbonyl (C=O) groups is 1. The van der Waals surface area contributed by atoms with Crippen LogP contribution in [0.1, 0.15) is 0 Å². The summed E-state index contributed by atoms with van der Waals surface area (Å²) in [6.45, 7) is 0.946. The predicted octanol–water partition coefficient (Wildman–Crippen LogP) is 2.10. The third-order valence-corrected chi connectivity index (χ3v) is 4.45. The van der Waals surface area contributed by atoms with Crippen LogP contribution in [-0.2, 0) is 6.54 Å². The Labute approximate surface area is 160 Å². The second-order valence-corrected chi connectivity index (χ2v) is 6.26. The van der Waals surface area contributed by atoms with Crippen molar-refractivity contribution >= 4 is 11.8 Å². The number of carbonyl (C=O) groups excluding carboxylic acids is 1. The topological polar surface area (TPSA) is 95.3 Å². The van der Waals surface area contributed by atoms with E-state index in [0.717, 1.165) is 16.7 Å². The fourth-order valence-corrected chi connectivity index (χ4v) is 3.13. The summed E-state index contributed by atoms with van der Waals surface area (Å²) in [4.78, 5) is 16.4. The Morgan fingerprint density at radius 3 is 2.61 bits per heavy atom. The van der Waals surface area contributed by atoms with Crippen LogP contribution in [0.15, 0.2) is 48.8 Å². The highest BCUT2D eigenvalue weighted by atomic mass is 19.1. The number of fused-ring (bicyclic) bond motifs is 1. The van der Waals surface area contributed by atoms with E-state index in [0.29, 0.717) is 24.6 Å². The zero-order chi connectivity index (χ0) is 19.5. The number of nitrogens with one attached hydrogen (secondary N) is 2. The van der Waals surface area contributed by atoms with E-state index in [-0.39, 0.29) is 25.0 Å². The van der Waals surface area contributed by atoms with Crippen LogP contribution in [0.25, 0.3) is 22.4 Å². The van der Waals surface area contributed by atoms with E-state index in [9.17, 15) is 9.18 Å². The molecule has 0 aliphatic carbocycles. The number of halogens is 1. The van der Waals surface area contributed by atoms with Gasteiger partial charge >= 0.3 is 6.03 Å². The molecule has 0 radical (unpaired) electrons. The smallest absolute Gasteiger partial charge is 0.336 e. The highest BCUT2D eigenvalue weighted by molar-refractivity contribution is 5.90. The van der Waals surface area contributed by atoms with Gasteiger partial charge in [-0.1, -0.05) is 0 Å². The van der Waals surface area contributed by atoms with Crippen LogP contribution < -0.4 is 10.7 Å². The van der Waals surface area contributed by atoms with Gasteiger partial charge in [-0.3, -0.25) is 10.4 Å². The van der Waals surface area contributed by atoms with Crippen LogP contribution in [0, 0.1) is 5.82 Å². The van der Waals surface area contributed by atoms with Gasteiger partial charge in [-0.25, -0.2) is 18.9 Å². The van der Waals surface area contributed by atoms with E-state index in [2.05, 4.69) is 15.7 Å². The minimum absolute atomic E-state index is 0.130. The van der Waals surface area contributed by atoms with Crippen molar-refractivity contribution in [3.63, 3.8) is 0 Å². The van der Waals surface area contributed by atoms with Crippen LogP contribution >= 0.6 is 0 Å². The molecule has 28 heavy (non-hydrogen) atoms. The number of aromatic nitrogens is 3. The number of aliphatic hydroxyl groups excluding tert-OH is 1. The Morgan fingerprint density at radius 1 is 1.14 bits per heavy atom. The molecule has 0 saturated carbocycles. The fraction of sp³-hybridized carbons (Fsp3) is 0.211. The predicted molar refractivity (Wildman–Crippen MR) is 102 cm³/mol. The zero-order valence-electron chi connectivity index (χ0n) is 15.0. The summed E-state index contributed by atoms with van der Waals surface area (Å²) >= 11 is 0. The average molecular weight is 382 g/mol. The van der Waals surface area contributed by atoms with Crippen molar-refractivity contribution in [3.05, 3.63) is 54.6 Å². The highest BCUT2D eigenvalue weighted by Crippen LogP contribution is 2.38. The molecule has 0 unspecified atom stereocenters. The molecule has 0 atom stereocenters. The number of pyridine rings is 1. The normalized spacial score (nSPS) is 13.0. The lowest BCUT2D eigenvalue weighted by Crippen LogP contribution is -2.48. The van der Waals surface area contributed by atoms with E-state index < -0.39 is 0 Å². The van der Waals surface area contributed by atoms with Gasteiger partial charge in [-0.05, 0) is 42.0 Å². The second kappa shape index (κ2) is 7.65. The summed E-state index contributed by atoms with van der Waals surface area (Å²) in [7, 11) is 0. The van der Waals surface area contributed by atoms with Gasteiger partial charge in [0.2, 0.25) is 0 Å². The molecule has 8 nitrogen and oxygen atoms in total. The zero-order valence-corrected chi connectivity index (χ0v) is 15.0. The first-order valence-corrected chi connectivity index (χ1v) is 8.87. The molecular formula is C19H19FN6O2. The van der Waals surface area contributed by atoms with Crippen molar-refractivity contribution < 1.29 is 14.3 Å². The summed E-state index contributed by atoms with van der Waals surface area (Å²) in [5.74, 6) is 0.346. The van der Waals surface area contributed by atoms with Crippen molar-refractivity contribution in [1.29, 1.82) is 0 Å². The van der Waals surface area contributed by atoms with Gasteiger partial charge in [0.25, 0.3) is 0 Å². The molecule has 144 valence electrons. The molecule has 0 bridgehead atoms. The van der Waals surface area contributed by atoms with Crippen molar-refractivity contribution in [2.45, 2.75) is 6.54 Å². The molecule has 1 aliphatic heterocycles. The van der Waals surface area contributed by atoms with Crippen LogP contribution in [0.4, 0.5) is 15.0 Å². The minimum Gasteiger partial charge on any atom is -0.395 e. The maximum Gasteiger partial charge on any atom is 0.336 e. The number of nitrogens with zero attached hydrogens (tertiary/aromatic N) is 4. The lowest BCUT2D eigenvalue weighted by molar-refractivity contribution is 0.197. The molecule has 9 heteroatoms. The Bertz CT molecular complexity index is 974. The van der Waals surface area contributed by atoms with Gasteiger partial charge in [0, 0.05) is 24.5 Å². The lowest BCUT2D eigenvalue weighted by Gasteiger charge is -2.29. The maximum absolute atomic E-state index is 13.4. The number of hydrogen-bond donors (Lipinski definition) is 3. The summed E-state index contributed by atoms with van der Waals surface area (Å²) in [5, 5.41) is 17.7. The molecule has 1 aliphatic rings. The molecule has 0 saturated heterocycles. The van der Waals surface area contributed by atoms with Crippen LogP contribution in [0.3, 0.4) is 0 Å². The van der Waals surface area contributed by atoms with Gasteiger partial charge in [0.1, 0.15) is 11.5 Å². The van der Waals surface area contributed by atoms with E-state index >= 15 is 0 Å². The van der Waals surface area contributed by atoms with Crippen LogP contribution in [-0.4, -0.2) is 50.6 Å². The largest absolute Gasteiger partial charge is 0.395 e. The number of amides is 2. The Morgan fingerprint density at radius 2 is 1.89 bits per heavy atom. The quantitative estimate of drug-likeness (QED) is 0.642. The molecule has 2 aromatic heterocycles. The monoisotopic (exact) mass is 382 g/mol. The maximum atomic E-state index is 13.4. The first-order chi connectivity index (χ1) is 13.7. The van der Waals surface area contributed by atoms with E-state index in [4.69, 9.17) is 10.2 Å². The first-order valence-electron chi connectivity index (χ1n) is 8.87. The summed E-state index contributed by atoms with van der Waals surface area (Å²) in [6.07, 6.45) is 3.37. The molecule has 1 aromatic carbocycles. The third kappa shape index (κ3) is 3.39. The van der Waals surface area contributed by atoms with Crippen LogP contribution in [0.2, 0.25) is 0 Å². The standard InChI is InChI=1S/C19H19FN6O2/c20-15-3-1-14(2-4-15)17-16(13-5-7-21-8-6-13)18-24-26(11-10-25(18)23-17)19(28)22-9-12-27/h1-8,24,27H,9-12H2,(H,22,28). The number of aliphatic hydroxyl groups is 1. The molecule has 0 fully saturated rings. The molecule has 4 rings (SSSR count). The Hall–Kier alpha value is -3.46. The number of hydrazine groups is 1. The molecular weight excluding hydrogens is 363 g/mol. The molecule has 3 heterocycles. The third-order valence-electron chi connectivity index (χ3n) is 4.45. The fourth-order valence-electron chi connectivity index (χ4n) is 3.13. The SMILES string of the molecule is O=C(NCCO)N1CCn2nc(-c3ccc(F)cc3)c(-c3ccncc3)c2N1. The summed E-state index contributed by atoms with van der Waals surface area (Å²) < 4.78 is 15.2. The van der Waals surface area contributed by atoms with Gasteiger partial charge in [0.15, 0.2) is 5.82 Å². The summed E-state index contributed by atoms with van der Waals surface area (Å²) in [5.41, 5.74) is 6.25. The molecule has 2 amide bonds. The van der Waals surface area contributed by atoms with Gasteiger partial charge in [-0.15, -0.1) is 0 Å². The van der Waals surface area contributed by atoms with Crippen LogP contribution in [0.5, 0.6) is 0 Å². The number of hydrogen-bond acceptors (Lipinski definition) is 5. The number of rotatable bonds is 4. The van der Waals surface area contributed by atoms with Gasteiger partial charge < -0.3 is 10.4 Å². The molecule has 3 aromatic rings. The highest BCUT2D eigenvalue weighted by Gasteiger charge is 2.27. The second-order valence-electron chi connectivity index (χ2n) is 6.26. The van der Waals surface area contributed by atoms with E-state index in [1.54, 1.807) is 29.2 Å².